The van der Waals surface area contributed by atoms with Gasteiger partial charge in [-0.25, -0.2) is 4.98 Å². The summed E-state index contributed by atoms with van der Waals surface area (Å²) < 4.78 is 7.76. The van der Waals surface area contributed by atoms with Crippen LogP contribution in [0.5, 0.6) is 5.75 Å². The summed E-state index contributed by atoms with van der Waals surface area (Å²) in [4.78, 5) is 4.40. The lowest BCUT2D eigenvalue weighted by Gasteiger charge is -2.18. The smallest absolute Gasteiger partial charge is 0.143 e. The van der Waals surface area contributed by atoms with Gasteiger partial charge in [0.05, 0.1) is 16.3 Å². The number of hydrogen-bond acceptors (Lipinski definition) is 3. The van der Waals surface area contributed by atoms with Gasteiger partial charge in [-0.15, -0.1) is 0 Å². The van der Waals surface area contributed by atoms with Crippen LogP contribution in [0.3, 0.4) is 0 Å². The first-order valence-electron chi connectivity index (χ1n) is 5.33. The summed E-state index contributed by atoms with van der Waals surface area (Å²) in [6.45, 7) is 4.63. The fourth-order valence-electron chi connectivity index (χ4n) is 1.37. The van der Waals surface area contributed by atoms with Crippen LogP contribution in [-0.2, 0) is 6.54 Å². The van der Waals surface area contributed by atoms with Crippen LogP contribution in [0.2, 0.25) is 0 Å². The lowest BCUT2D eigenvalue weighted by atomic mass is 10.2. The second kappa shape index (κ2) is 6.76. The number of nitrogens with two attached hydrogens (primary N) is 1. The fraction of sp³-hybridized carbons (Fsp3) is 0.545. The molecular formula is C11H16BrIN2O. The van der Waals surface area contributed by atoms with E-state index in [1.165, 1.54) is 0 Å². The Bertz CT molecular complexity index is 356. The summed E-state index contributed by atoms with van der Waals surface area (Å²) in [5.41, 5.74) is 6.49. The van der Waals surface area contributed by atoms with Crippen molar-refractivity contribution in [3.05, 3.63) is 19.9 Å². The van der Waals surface area contributed by atoms with Crippen molar-refractivity contribution in [1.29, 1.82) is 0 Å². The zero-order chi connectivity index (χ0) is 12.1. The molecule has 0 atom stereocenters. The van der Waals surface area contributed by atoms with E-state index in [1.54, 1.807) is 0 Å². The molecule has 5 heteroatoms. The highest BCUT2D eigenvalue weighted by Gasteiger charge is 2.12. The van der Waals surface area contributed by atoms with Crippen molar-refractivity contribution in [2.75, 3.05) is 0 Å². The Morgan fingerprint density at radius 1 is 1.50 bits per heavy atom. The Morgan fingerprint density at radius 3 is 2.62 bits per heavy atom. The molecule has 3 nitrogen and oxygen atoms in total. The minimum Gasteiger partial charge on any atom is -0.488 e. The highest BCUT2D eigenvalue weighted by molar-refractivity contribution is 14.1. The van der Waals surface area contributed by atoms with E-state index in [2.05, 4.69) is 57.4 Å². The normalized spacial score (nSPS) is 10.9. The van der Waals surface area contributed by atoms with Crippen LogP contribution < -0.4 is 10.5 Å². The quantitative estimate of drug-likeness (QED) is 0.610. The van der Waals surface area contributed by atoms with Crippen LogP contribution >= 0.6 is 38.5 Å². The van der Waals surface area contributed by atoms with E-state index in [1.807, 2.05) is 6.07 Å². The molecule has 0 fully saturated rings. The van der Waals surface area contributed by atoms with Crippen molar-refractivity contribution >= 4 is 38.5 Å². The second-order valence-corrected chi connectivity index (χ2v) is 5.34. The minimum atomic E-state index is 0.235. The third kappa shape index (κ3) is 3.56. The van der Waals surface area contributed by atoms with Crippen molar-refractivity contribution in [1.82, 2.24) is 4.98 Å². The van der Waals surface area contributed by atoms with E-state index in [4.69, 9.17) is 10.5 Å². The average Bonchev–Trinajstić information content (AvgIpc) is 2.29. The third-order valence-corrected chi connectivity index (χ3v) is 4.54. The van der Waals surface area contributed by atoms with Gasteiger partial charge in [-0.3, -0.25) is 0 Å². The van der Waals surface area contributed by atoms with Gasteiger partial charge in [0.1, 0.15) is 9.45 Å². The summed E-state index contributed by atoms with van der Waals surface area (Å²) >= 11 is 5.63. The number of hydrogen-bond donors (Lipinski definition) is 1. The largest absolute Gasteiger partial charge is 0.488 e. The van der Waals surface area contributed by atoms with Gasteiger partial charge in [0, 0.05) is 6.54 Å². The molecule has 0 spiro atoms. The van der Waals surface area contributed by atoms with E-state index < -0.39 is 0 Å². The molecule has 0 aliphatic rings. The van der Waals surface area contributed by atoms with Crippen molar-refractivity contribution < 1.29 is 4.74 Å². The molecule has 1 heterocycles. The predicted octanol–water partition coefficient (Wildman–Crippen LogP) is 3.47. The van der Waals surface area contributed by atoms with Gasteiger partial charge in [-0.05, 0) is 57.4 Å². The first-order valence-corrected chi connectivity index (χ1v) is 7.21. The summed E-state index contributed by atoms with van der Waals surface area (Å²) in [5, 5.41) is 0. The van der Waals surface area contributed by atoms with Gasteiger partial charge >= 0.3 is 0 Å². The Morgan fingerprint density at radius 2 is 2.12 bits per heavy atom. The van der Waals surface area contributed by atoms with Gasteiger partial charge in [-0.1, -0.05) is 13.8 Å². The Labute approximate surface area is 118 Å². The number of nitrogens with zero attached hydrogens (tertiary/aromatic N) is 1. The van der Waals surface area contributed by atoms with Crippen LogP contribution in [0, 0.1) is 3.70 Å². The Kier molecular flexibility index (Phi) is 5.99. The highest BCUT2D eigenvalue weighted by Crippen LogP contribution is 2.27. The molecule has 0 aliphatic carbocycles. The first-order chi connectivity index (χ1) is 7.62. The van der Waals surface area contributed by atoms with E-state index in [-0.39, 0.29) is 6.10 Å². The van der Waals surface area contributed by atoms with Crippen molar-refractivity contribution in [2.45, 2.75) is 39.3 Å². The highest BCUT2D eigenvalue weighted by atomic mass is 127. The molecule has 0 radical (unpaired) electrons. The van der Waals surface area contributed by atoms with E-state index in [9.17, 15) is 0 Å². The lowest BCUT2D eigenvalue weighted by Crippen LogP contribution is -2.16. The van der Waals surface area contributed by atoms with Crippen LogP contribution in [0.1, 0.15) is 32.4 Å². The topological polar surface area (TPSA) is 48.1 Å². The molecule has 1 aromatic rings. The van der Waals surface area contributed by atoms with Crippen LogP contribution in [-0.4, -0.2) is 11.1 Å². The van der Waals surface area contributed by atoms with E-state index in [0.717, 1.165) is 32.5 Å². The van der Waals surface area contributed by atoms with Crippen molar-refractivity contribution in [3.63, 3.8) is 0 Å². The zero-order valence-electron chi connectivity index (χ0n) is 9.46. The van der Waals surface area contributed by atoms with Gasteiger partial charge < -0.3 is 10.5 Å². The Balaban J connectivity index is 2.97. The number of pyridine rings is 1. The number of ether oxygens (including phenoxy) is 1. The maximum atomic E-state index is 5.89. The standard InChI is InChI=1S/C11H16BrIN2O/c1-3-7(4-2)16-10-5-8(12)11(13)15-9(10)6-14/h5,7H,3-4,6,14H2,1-2H3. The average molecular weight is 399 g/mol. The molecule has 0 aliphatic heterocycles. The third-order valence-electron chi connectivity index (χ3n) is 2.37. The first kappa shape index (κ1) is 14.2. The second-order valence-electron chi connectivity index (χ2n) is 3.47. The van der Waals surface area contributed by atoms with Gasteiger partial charge in [0.25, 0.3) is 0 Å². The van der Waals surface area contributed by atoms with Gasteiger partial charge in [0.2, 0.25) is 0 Å². The predicted molar refractivity (Wildman–Crippen MR) is 77.5 cm³/mol. The maximum absolute atomic E-state index is 5.89. The molecule has 16 heavy (non-hydrogen) atoms. The SMILES string of the molecule is CCC(CC)Oc1cc(Br)c(I)nc1CN. The maximum Gasteiger partial charge on any atom is 0.143 e. The van der Waals surface area contributed by atoms with Crippen LogP contribution in [0.15, 0.2) is 10.5 Å². The summed E-state index contributed by atoms with van der Waals surface area (Å²) in [6.07, 6.45) is 2.22. The Hall–Kier alpha value is 0.120. The summed E-state index contributed by atoms with van der Waals surface area (Å²) in [6, 6.07) is 1.95. The van der Waals surface area contributed by atoms with Crippen LogP contribution in [0.25, 0.3) is 0 Å². The van der Waals surface area contributed by atoms with E-state index >= 15 is 0 Å². The molecule has 0 unspecified atom stereocenters. The van der Waals surface area contributed by atoms with Crippen molar-refractivity contribution in [2.24, 2.45) is 5.73 Å². The van der Waals surface area contributed by atoms with Crippen LogP contribution in [0.4, 0.5) is 0 Å². The molecule has 0 aromatic carbocycles. The summed E-state index contributed by atoms with van der Waals surface area (Å²) in [7, 11) is 0. The number of halogens is 2. The molecule has 0 saturated carbocycles. The molecule has 0 bridgehead atoms. The molecular weight excluding hydrogens is 383 g/mol. The van der Waals surface area contributed by atoms with E-state index in [0.29, 0.717) is 6.54 Å². The number of rotatable bonds is 5. The van der Waals surface area contributed by atoms with Gasteiger partial charge in [0.15, 0.2) is 0 Å². The zero-order valence-corrected chi connectivity index (χ0v) is 13.2. The summed E-state index contributed by atoms with van der Waals surface area (Å²) in [5.74, 6) is 0.795. The molecule has 0 amide bonds. The lowest BCUT2D eigenvalue weighted by molar-refractivity contribution is 0.190. The monoisotopic (exact) mass is 398 g/mol. The minimum absolute atomic E-state index is 0.235. The molecule has 1 rings (SSSR count). The molecule has 2 N–H and O–H groups in total. The van der Waals surface area contributed by atoms with Gasteiger partial charge in [-0.2, -0.15) is 0 Å². The molecule has 90 valence electrons. The van der Waals surface area contributed by atoms with Crippen molar-refractivity contribution in [3.8, 4) is 5.75 Å². The number of aromatic nitrogens is 1. The molecule has 0 saturated heterocycles. The fourth-order valence-corrected chi connectivity index (χ4v) is 2.11. The molecule has 1 aromatic heterocycles.